The van der Waals surface area contributed by atoms with E-state index in [1.54, 1.807) is 28.4 Å². The Morgan fingerprint density at radius 3 is 2.59 bits per heavy atom. The molecule has 2 amide bonds. The van der Waals surface area contributed by atoms with Crippen molar-refractivity contribution in [2.75, 3.05) is 19.6 Å². The van der Waals surface area contributed by atoms with Crippen molar-refractivity contribution in [1.82, 2.24) is 9.80 Å². The number of rotatable bonds is 6. The molecule has 1 aliphatic rings. The summed E-state index contributed by atoms with van der Waals surface area (Å²) < 4.78 is 0. The number of aryl methyl sites for hydroxylation is 1. The number of amides is 2. The highest BCUT2D eigenvalue weighted by Crippen LogP contribution is 2.41. The van der Waals surface area contributed by atoms with Gasteiger partial charge in [-0.1, -0.05) is 61.3 Å². The van der Waals surface area contributed by atoms with Crippen LogP contribution in [0.2, 0.25) is 10.0 Å². The maximum Gasteiger partial charge on any atom is 0.254 e. The van der Waals surface area contributed by atoms with E-state index in [4.69, 9.17) is 23.2 Å². The Kier molecular flexibility index (Phi) is 7.66. The van der Waals surface area contributed by atoms with Gasteiger partial charge in [0.2, 0.25) is 5.91 Å². The van der Waals surface area contributed by atoms with Crippen LogP contribution in [0, 0.1) is 12.8 Å². The second-order valence-corrected chi connectivity index (χ2v) is 10.9. The molecule has 0 radical (unpaired) electrons. The third kappa shape index (κ3) is 5.17. The number of fused-ring (bicyclic) bond motifs is 1. The number of thiophene rings is 1. The molecule has 1 aromatic heterocycles. The maximum atomic E-state index is 13.8. The normalized spacial score (nSPS) is 15.4. The molecule has 4 nitrogen and oxygen atoms in total. The van der Waals surface area contributed by atoms with Gasteiger partial charge in [0.25, 0.3) is 5.91 Å². The first kappa shape index (κ1) is 24.8. The van der Waals surface area contributed by atoms with Gasteiger partial charge < -0.3 is 9.80 Å². The van der Waals surface area contributed by atoms with Crippen molar-refractivity contribution in [2.24, 2.45) is 5.92 Å². The smallest absolute Gasteiger partial charge is 0.254 e. The summed E-state index contributed by atoms with van der Waals surface area (Å²) in [6, 6.07) is 14.7. The molecule has 1 atom stereocenters. The molecule has 2 heterocycles. The summed E-state index contributed by atoms with van der Waals surface area (Å²) in [5.41, 5.74) is 3.47. The van der Waals surface area contributed by atoms with E-state index in [0.29, 0.717) is 28.7 Å². The molecule has 7 heteroatoms. The SMILES string of the molecule is Cc1ccccc1C(=O)N(CC(=O)N1CCc2sccc2C1c1ccc(Cl)cc1Cl)CC(C)C. The van der Waals surface area contributed by atoms with Gasteiger partial charge in [-0.2, -0.15) is 0 Å². The zero-order valence-electron chi connectivity index (χ0n) is 19.6. The zero-order chi connectivity index (χ0) is 24.4. The molecular formula is C27H28Cl2N2O2S. The molecule has 0 N–H and O–H groups in total. The minimum Gasteiger partial charge on any atom is -0.330 e. The molecule has 3 aromatic rings. The maximum absolute atomic E-state index is 13.8. The number of hydrogen-bond acceptors (Lipinski definition) is 3. The molecule has 2 aromatic carbocycles. The third-order valence-corrected chi connectivity index (χ3v) is 7.68. The van der Waals surface area contributed by atoms with Gasteiger partial charge in [0.15, 0.2) is 0 Å². The van der Waals surface area contributed by atoms with Crippen LogP contribution in [0.4, 0.5) is 0 Å². The quantitative estimate of drug-likeness (QED) is 0.370. The van der Waals surface area contributed by atoms with E-state index < -0.39 is 0 Å². The first-order valence-corrected chi connectivity index (χ1v) is 13.1. The summed E-state index contributed by atoms with van der Waals surface area (Å²) in [4.78, 5) is 32.0. The fraction of sp³-hybridized carbons (Fsp3) is 0.333. The van der Waals surface area contributed by atoms with Gasteiger partial charge >= 0.3 is 0 Å². The molecule has 1 unspecified atom stereocenters. The van der Waals surface area contributed by atoms with Crippen LogP contribution in [-0.4, -0.2) is 41.2 Å². The van der Waals surface area contributed by atoms with Gasteiger partial charge in [-0.25, -0.2) is 0 Å². The van der Waals surface area contributed by atoms with E-state index in [0.717, 1.165) is 23.1 Å². The van der Waals surface area contributed by atoms with Crippen LogP contribution in [-0.2, 0) is 11.2 Å². The van der Waals surface area contributed by atoms with Crippen molar-refractivity contribution in [3.63, 3.8) is 0 Å². The summed E-state index contributed by atoms with van der Waals surface area (Å²) in [5, 5.41) is 3.15. The molecule has 1 aliphatic heterocycles. The second-order valence-electron chi connectivity index (χ2n) is 9.10. The van der Waals surface area contributed by atoms with Gasteiger partial charge in [-0.15, -0.1) is 11.3 Å². The first-order chi connectivity index (χ1) is 16.3. The average molecular weight is 516 g/mol. The van der Waals surface area contributed by atoms with Crippen LogP contribution in [0.25, 0.3) is 0 Å². The number of nitrogens with zero attached hydrogens (tertiary/aromatic N) is 2. The van der Waals surface area contributed by atoms with E-state index >= 15 is 0 Å². The molecule has 34 heavy (non-hydrogen) atoms. The largest absolute Gasteiger partial charge is 0.330 e. The molecule has 0 bridgehead atoms. The van der Waals surface area contributed by atoms with E-state index in [2.05, 4.69) is 25.3 Å². The summed E-state index contributed by atoms with van der Waals surface area (Å²) in [5.74, 6) is 0.0250. The number of hydrogen-bond donors (Lipinski definition) is 0. The van der Waals surface area contributed by atoms with E-state index in [1.807, 2.05) is 42.2 Å². The Bertz CT molecular complexity index is 1210. The lowest BCUT2D eigenvalue weighted by molar-refractivity contribution is -0.134. The Morgan fingerprint density at radius 2 is 1.88 bits per heavy atom. The predicted octanol–water partition coefficient (Wildman–Crippen LogP) is 6.64. The Labute approximate surface area is 215 Å². The zero-order valence-corrected chi connectivity index (χ0v) is 21.9. The molecule has 0 aliphatic carbocycles. The summed E-state index contributed by atoms with van der Waals surface area (Å²) in [6.45, 7) is 7.12. The molecule has 178 valence electrons. The summed E-state index contributed by atoms with van der Waals surface area (Å²) in [7, 11) is 0. The molecule has 0 saturated carbocycles. The molecule has 4 rings (SSSR count). The molecular weight excluding hydrogens is 487 g/mol. The minimum atomic E-state index is -0.304. The Balaban J connectivity index is 1.66. The van der Waals surface area contributed by atoms with E-state index in [9.17, 15) is 9.59 Å². The van der Waals surface area contributed by atoms with Gasteiger partial charge in [0, 0.05) is 33.6 Å². The van der Waals surface area contributed by atoms with E-state index in [1.165, 1.54) is 4.88 Å². The number of halogens is 2. The van der Waals surface area contributed by atoms with Crippen molar-refractivity contribution in [3.8, 4) is 0 Å². The third-order valence-electron chi connectivity index (χ3n) is 6.12. The summed E-state index contributed by atoms with van der Waals surface area (Å²) >= 11 is 14.5. The second kappa shape index (κ2) is 10.5. The van der Waals surface area contributed by atoms with Crippen molar-refractivity contribution in [3.05, 3.63) is 91.1 Å². The van der Waals surface area contributed by atoms with Crippen molar-refractivity contribution < 1.29 is 9.59 Å². The standard InChI is InChI=1S/C27H28Cl2N2O2S/c1-17(2)15-30(27(33)20-7-5-4-6-18(20)3)16-25(32)31-12-10-24-22(11-13-34-24)26(31)21-9-8-19(28)14-23(21)29/h4-9,11,13-14,17,26H,10,12,15-16H2,1-3H3. The lowest BCUT2D eigenvalue weighted by Crippen LogP contribution is -2.47. The van der Waals surface area contributed by atoms with Crippen LogP contribution >= 0.6 is 34.5 Å². The van der Waals surface area contributed by atoms with Crippen molar-refractivity contribution in [2.45, 2.75) is 33.2 Å². The fourth-order valence-corrected chi connectivity index (χ4v) is 5.96. The monoisotopic (exact) mass is 514 g/mol. The van der Waals surface area contributed by atoms with Crippen LogP contribution in [0.1, 0.15) is 51.8 Å². The number of carbonyl (C=O) groups excluding carboxylic acids is 2. The highest BCUT2D eigenvalue weighted by atomic mass is 35.5. The van der Waals surface area contributed by atoms with Crippen LogP contribution in [0.3, 0.4) is 0 Å². The topological polar surface area (TPSA) is 40.6 Å². The van der Waals surface area contributed by atoms with Gasteiger partial charge in [0.1, 0.15) is 6.54 Å². The van der Waals surface area contributed by atoms with Gasteiger partial charge in [0.05, 0.1) is 6.04 Å². The van der Waals surface area contributed by atoms with E-state index in [-0.39, 0.29) is 30.3 Å². The van der Waals surface area contributed by atoms with Crippen molar-refractivity contribution in [1.29, 1.82) is 0 Å². The van der Waals surface area contributed by atoms with Crippen molar-refractivity contribution >= 4 is 46.4 Å². The fourth-order valence-electron chi connectivity index (χ4n) is 4.54. The lowest BCUT2D eigenvalue weighted by Gasteiger charge is -2.38. The number of benzene rings is 2. The summed E-state index contributed by atoms with van der Waals surface area (Å²) in [6.07, 6.45) is 0.788. The molecule has 0 spiro atoms. The lowest BCUT2D eigenvalue weighted by atomic mass is 9.93. The van der Waals surface area contributed by atoms with Gasteiger partial charge in [-0.3, -0.25) is 9.59 Å². The number of carbonyl (C=O) groups is 2. The minimum absolute atomic E-state index is 0.0204. The molecule has 0 fully saturated rings. The predicted molar refractivity (Wildman–Crippen MR) is 140 cm³/mol. The highest BCUT2D eigenvalue weighted by molar-refractivity contribution is 7.10. The Hall–Kier alpha value is -2.34. The van der Waals surface area contributed by atoms with Crippen LogP contribution < -0.4 is 0 Å². The first-order valence-electron chi connectivity index (χ1n) is 11.4. The Morgan fingerprint density at radius 1 is 1.12 bits per heavy atom. The van der Waals surface area contributed by atoms with Crippen LogP contribution in [0.15, 0.2) is 53.9 Å². The van der Waals surface area contributed by atoms with Gasteiger partial charge in [-0.05, 0) is 65.6 Å². The average Bonchev–Trinajstić information content (AvgIpc) is 3.27. The highest BCUT2D eigenvalue weighted by Gasteiger charge is 2.35. The van der Waals surface area contributed by atoms with Crippen LogP contribution in [0.5, 0.6) is 0 Å². The molecule has 0 saturated heterocycles.